The van der Waals surface area contributed by atoms with Crippen LogP contribution in [-0.4, -0.2) is 15.1 Å². The first-order valence-corrected chi connectivity index (χ1v) is 9.54. The Balaban J connectivity index is 1.70. The van der Waals surface area contributed by atoms with Crippen molar-refractivity contribution in [1.29, 1.82) is 0 Å². The number of nitrogens with one attached hydrogen (secondary N) is 1. The van der Waals surface area contributed by atoms with E-state index in [1.807, 2.05) is 72.8 Å². The van der Waals surface area contributed by atoms with Gasteiger partial charge in [0.15, 0.2) is 0 Å². The highest BCUT2D eigenvalue weighted by Gasteiger charge is 2.20. The largest absolute Gasteiger partial charge is 0.386 e. The fourth-order valence-electron chi connectivity index (χ4n) is 3.33. The molecule has 4 rings (SSSR count). The standard InChI is InChI=1S/C24H21ClN2O/c1-24(2,28)20-9-4-3-8-19(20)17-11-12-21-22(15-17)27-23(26-21)13-10-16-6-5-7-18(25)14-16/h3-15,28H,1-2H3,(H,26,27). The van der Waals surface area contributed by atoms with Crippen molar-refractivity contribution in [2.45, 2.75) is 19.4 Å². The normalized spacial score (nSPS) is 12.1. The predicted molar refractivity (Wildman–Crippen MR) is 117 cm³/mol. The average Bonchev–Trinajstić information content (AvgIpc) is 3.08. The molecule has 1 heterocycles. The van der Waals surface area contributed by atoms with Crippen molar-refractivity contribution in [2.75, 3.05) is 0 Å². The van der Waals surface area contributed by atoms with Gasteiger partial charge in [-0.1, -0.05) is 60.1 Å². The maximum Gasteiger partial charge on any atom is 0.131 e. The van der Waals surface area contributed by atoms with Gasteiger partial charge in [0, 0.05) is 5.02 Å². The zero-order valence-electron chi connectivity index (χ0n) is 15.8. The van der Waals surface area contributed by atoms with Crippen LogP contribution in [-0.2, 0) is 5.60 Å². The minimum Gasteiger partial charge on any atom is -0.386 e. The fourth-order valence-corrected chi connectivity index (χ4v) is 3.52. The summed E-state index contributed by atoms with van der Waals surface area (Å²) in [6.07, 6.45) is 3.92. The molecular weight excluding hydrogens is 368 g/mol. The van der Waals surface area contributed by atoms with E-state index in [1.54, 1.807) is 13.8 Å². The first kappa shape index (κ1) is 18.5. The van der Waals surface area contributed by atoms with E-state index in [-0.39, 0.29) is 0 Å². The van der Waals surface area contributed by atoms with Crippen molar-refractivity contribution in [3.05, 3.63) is 88.7 Å². The van der Waals surface area contributed by atoms with Gasteiger partial charge in [-0.25, -0.2) is 4.98 Å². The SMILES string of the molecule is CC(C)(O)c1ccccc1-c1ccc2[nH]c(C=Cc3cccc(Cl)c3)nc2c1. The fraction of sp³-hybridized carbons (Fsp3) is 0.125. The van der Waals surface area contributed by atoms with Gasteiger partial charge >= 0.3 is 0 Å². The number of nitrogens with zero attached hydrogens (tertiary/aromatic N) is 1. The van der Waals surface area contributed by atoms with E-state index in [9.17, 15) is 5.11 Å². The molecule has 0 radical (unpaired) electrons. The van der Waals surface area contributed by atoms with Crippen LogP contribution < -0.4 is 0 Å². The van der Waals surface area contributed by atoms with Crippen LogP contribution in [0.4, 0.5) is 0 Å². The highest BCUT2D eigenvalue weighted by molar-refractivity contribution is 6.30. The lowest BCUT2D eigenvalue weighted by Gasteiger charge is -2.21. The van der Waals surface area contributed by atoms with Crippen molar-refractivity contribution >= 4 is 34.8 Å². The lowest BCUT2D eigenvalue weighted by molar-refractivity contribution is 0.0792. The molecule has 0 bridgehead atoms. The maximum absolute atomic E-state index is 10.5. The monoisotopic (exact) mass is 388 g/mol. The number of rotatable bonds is 4. The average molecular weight is 389 g/mol. The van der Waals surface area contributed by atoms with E-state index >= 15 is 0 Å². The van der Waals surface area contributed by atoms with E-state index in [0.29, 0.717) is 5.02 Å². The molecule has 0 aliphatic heterocycles. The summed E-state index contributed by atoms with van der Waals surface area (Å²) in [5.41, 5.74) is 4.89. The Kier molecular flexibility index (Phi) is 4.80. The molecule has 0 saturated carbocycles. The molecule has 0 spiro atoms. The number of aliphatic hydroxyl groups is 1. The molecule has 0 atom stereocenters. The third-order valence-corrected chi connectivity index (χ3v) is 4.92. The van der Waals surface area contributed by atoms with Gasteiger partial charge in [0.25, 0.3) is 0 Å². The third kappa shape index (κ3) is 3.86. The maximum atomic E-state index is 10.5. The summed E-state index contributed by atoms with van der Waals surface area (Å²) in [6.45, 7) is 3.61. The summed E-state index contributed by atoms with van der Waals surface area (Å²) >= 11 is 6.04. The van der Waals surface area contributed by atoms with Crippen molar-refractivity contribution in [3.63, 3.8) is 0 Å². The summed E-state index contributed by atoms with van der Waals surface area (Å²) in [6, 6.07) is 21.7. The highest BCUT2D eigenvalue weighted by atomic mass is 35.5. The Hall–Kier alpha value is -2.88. The van der Waals surface area contributed by atoms with E-state index in [2.05, 4.69) is 11.1 Å². The molecule has 4 aromatic rings. The molecule has 0 aliphatic carbocycles. The Morgan fingerprint density at radius 3 is 2.57 bits per heavy atom. The lowest BCUT2D eigenvalue weighted by Crippen LogP contribution is -2.16. The van der Waals surface area contributed by atoms with Gasteiger partial charge in [-0.05, 0) is 66.4 Å². The van der Waals surface area contributed by atoms with Crippen LogP contribution in [0, 0.1) is 0 Å². The summed E-state index contributed by atoms with van der Waals surface area (Å²) in [4.78, 5) is 8.01. The Morgan fingerprint density at radius 2 is 1.79 bits per heavy atom. The third-order valence-electron chi connectivity index (χ3n) is 4.68. The van der Waals surface area contributed by atoms with Crippen molar-refractivity contribution in [2.24, 2.45) is 0 Å². The smallest absolute Gasteiger partial charge is 0.131 e. The molecule has 0 saturated heterocycles. The van der Waals surface area contributed by atoms with Gasteiger partial charge in [0.1, 0.15) is 5.82 Å². The molecule has 0 aliphatic rings. The van der Waals surface area contributed by atoms with Crippen LogP contribution in [0.25, 0.3) is 34.3 Å². The molecule has 3 aromatic carbocycles. The first-order valence-electron chi connectivity index (χ1n) is 9.16. The van der Waals surface area contributed by atoms with Crippen LogP contribution >= 0.6 is 11.6 Å². The Bertz CT molecular complexity index is 1170. The van der Waals surface area contributed by atoms with Gasteiger partial charge in [-0.2, -0.15) is 0 Å². The lowest BCUT2D eigenvalue weighted by atomic mass is 9.89. The van der Waals surface area contributed by atoms with Crippen molar-refractivity contribution < 1.29 is 5.11 Å². The van der Waals surface area contributed by atoms with Crippen LogP contribution in [0.15, 0.2) is 66.7 Å². The molecule has 0 amide bonds. The molecule has 28 heavy (non-hydrogen) atoms. The van der Waals surface area contributed by atoms with Crippen LogP contribution in [0.3, 0.4) is 0 Å². The second kappa shape index (κ2) is 7.27. The number of imidazole rings is 1. The quantitative estimate of drug-likeness (QED) is 0.432. The second-order valence-corrected chi connectivity index (χ2v) is 7.78. The van der Waals surface area contributed by atoms with Crippen LogP contribution in [0.2, 0.25) is 5.02 Å². The van der Waals surface area contributed by atoms with Crippen LogP contribution in [0.5, 0.6) is 0 Å². The minimum atomic E-state index is -0.915. The first-order chi connectivity index (χ1) is 13.4. The topological polar surface area (TPSA) is 48.9 Å². The van der Waals surface area contributed by atoms with E-state index in [1.165, 1.54) is 0 Å². The number of aromatic nitrogens is 2. The van der Waals surface area contributed by atoms with Gasteiger partial charge < -0.3 is 10.1 Å². The number of halogens is 1. The van der Waals surface area contributed by atoms with Gasteiger partial charge in [-0.15, -0.1) is 0 Å². The number of H-pyrrole nitrogens is 1. The number of fused-ring (bicyclic) bond motifs is 1. The van der Waals surface area contributed by atoms with Crippen LogP contribution in [0.1, 0.15) is 30.8 Å². The summed E-state index contributed by atoms with van der Waals surface area (Å²) in [5, 5.41) is 11.2. The van der Waals surface area contributed by atoms with Gasteiger partial charge in [0.2, 0.25) is 0 Å². The molecule has 0 fully saturated rings. The van der Waals surface area contributed by atoms with E-state index < -0.39 is 5.60 Å². The Labute approximate surface area is 169 Å². The summed E-state index contributed by atoms with van der Waals surface area (Å²) in [7, 11) is 0. The molecule has 2 N–H and O–H groups in total. The zero-order valence-corrected chi connectivity index (χ0v) is 16.5. The molecule has 3 nitrogen and oxygen atoms in total. The molecule has 1 aromatic heterocycles. The number of hydrogen-bond acceptors (Lipinski definition) is 2. The second-order valence-electron chi connectivity index (χ2n) is 7.35. The molecule has 140 valence electrons. The summed E-state index contributed by atoms with van der Waals surface area (Å²) in [5.74, 6) is 0.780. The number of hydrogen-bond donors (Lipinski definition) is 2. The Morgan fingerprint density at radius 1 is 0.964 bits per heavy atom. The van der Waals surface area contributed by atoms with Gasteiger partial charge in [-0.3, -0.25) is 0 Å². The zero-order chi connectivity index (χ0) is 19.7. The predicted octanol–water partition coefficient (Wildman–Crippen LogP) is 6.28. The number of benzene rings is 3. The van der Waals surface area contributed by atoms with E-state index in [0.717, 1.165) is 39.1 Å². The molecule has 4 heteroatoms. The van der Waals surface area contributed by atoms with Crippen molar-refractivity contribution in [1.82, 2.24) is 9.97 Å². The summed E-state index contributed by atoms with van der Waals surface area (Å²) < 4.78 is 0. The highest BCUT2D eigenvalue weighted by Crippen LogP contribution is 2.32. The molecule has 0 unspecified atom stereocenters. The molecular formula is C24H21ClN2O. The van der Waals surface area contributed by atoms with E-state index in [4.69, 9.17) is 16.6 Å². The van der Waals surface area contributed by atoms with Crippen molar-refractivity contribution in [3.8, 4) is 11.1 Å². The minimum absolute atomic E-state index is 0.710. The number of aromatic amines is 1. The van der Waals surface area contributed by atoms with Gasteiger partial charge in [0.05, 0.1) is 16.6 Å².